The number of primary amides is 1. The molecule has 1 unspecified atom stereocenters. The number of nitrogens with one attached hydrogen (secondary N) is 1. The van der Waals surface area contributed by atoms with Gasteiger partial charge in [0.15, 0.2) is 0 Å². The molecule has 0 heterocycles. The molecule has 5 heteroatoms. The average Bonchev–Trinajstić information content (AvgIpc) is 2.12. The highest BCUT2D eigenvalue weighted by molar-refractivity contribution is 5.80. The molecule has 0 aliphatic rings. The summed E-state index contributed by atoms with van der Waals surface area (Å²) in [6.07, 6.45) is 0. The molecule has 5 N–H and O–H groups in total. The largest absolute Gasteiger partial charge is 0.383 e. The monoisotopic (exact) mass is 211 g/mol. The number of benzene rings is 1. The molecule has 1 rings (SSSR count). The smallest absolute Gasteiger partial charge is 0.236 e. The Balaban J connectivity index is 2.61. The number of hydrogen-bond donors (Lipinski definition) is 3. The maximum Gasteiger partial charge on any atom is 0.236 e. The summed E-state index contributed by atoms with van der Waals surface area (Å²) >= 11 is 0. The molecule has 4 nitrogen and oxygen atoms in total. The van der Waals surface area contributed by atoms with Crippen molar-refractivity contribution in [2.75, 3.05) is 11.9 Å². The minimum absolute atomic E-state index is 0.193. The third-order valence-corrected chi connectivity index (χ3v) is 1.93. The maximum absolute atomic E-state index is 12.9. The summed E-state index contributed by atoms with van der Waals surface area (Å²) in [5, 5.41) is 2.84. The molecule has 0 saturated carbocycles. The van der Waals surface area contributed by atoms with E-state index in [1.165, 1.54) is 12.1 Å². The first-order valence-corrected chi connectivity index (χ1v) is 4.55. The Morgan fingerprint density at radius 1 is 1.53 bits per heavy atom. The third-order valence-electron chi connectivity index (χ3n) is 1.93. The molecule has 0 bridgehead atoms. The second kappa shape index (κ2) is 4.75. The van der Waals surface area contributed by atoms with Crippen LogP contribution in [-0.2, 0) is 4.79 Å². The fourth-order valence-electron chi connectivity index (χ4n) is 1.17. The number of amides is 1. The molecule has 1 atom stereocenters. The minimum Gasteiger partial charge on any atom is -0.383 e. The van der Waals surface area contributed by atoms with Crippen molar-refractivity contribution >= 4 is 11.6 Å². The molecule has 1 amide bonds. The van der Waals surface area contributed by atoms with E-state index >= 15 is 0 Å². The van der Waals surface area contributed by atoms with E-state index in [-0.39, 0.29) is 12.4 Å². The number of hydrogen-bond acceptors (Lipinski definition) is 3. The average molecular weight is 211 g/mol. The Morgan fingerprint density at radius 2 is 2.20 bits per heavy atom. The number of nitrogens with two attached hydrogens (primary N) is 2. The summed E-state index contributed by atoms with van der Waals surface area (Å²) < 4.78 is 12.9. The fourth-order valence-corrected chi connectivity index (χ4v) is 1.17. The summed E-state index contributed by atoms with van der Waals surface area (Å²) in [5.41, 5.74) is 11.8. The van der Waals surface area contributed by atoms with E-state index in [1.54, 1.807) is 13.0 Å². The van der Waals surface area contributed by atoms with Crippen LogP contribution in [0.3, 0.4) is 0 Å². The Morgan fingerprint density at radius 3 is 2.73 bits per heavy atom. The zero-order chi connectivity index (χ0) is 11.4. The van der Waals surface area contributed by atoms with Gasteiger partial charge in [0, 0.05) is 12.2 Å². The minimum atomic E-state index is -0.770. The van der Waals surface area contributed by atoms with Gasteiger partial charge in [-0.2, -0.15) is 0 Å². The zero-order valence-corrected chi connectivity index (χ0v) is 8.46. The van der Waals surface area contributed by atoms with Crippen molar-refractivity contribution in [3.05, 3.63) is 29.6 Å². The predicted octanol–water partition coefficient (Wildman–Crippen LogP) is 0.359. The van der Waals surface area contributed by atoms with E-state index in [9.17, 15) is 9.18 Å². The van der Waals surface area contributed by atoms with Crippen LogP contribution < -0.4 is 16.8 Å². The highest BCUT2D eigenvalue weighted by Gasteiger charge is 2.08. The molecule has 1 aromatic carbocycles. The molecule has 0 aliphatic heterocycles. The molecular weight excluding hydrogens is 197 g/mol. The van der Waals surface area contributed by atoms with Gasteiger partial charge >= 0.3 is 0 Å². The van der Waals surface area contributed by atoms with Gasteiger partial charge in [-0.05, 0) is 30.7 Å². The lowest BCUT2D eigenvalue weighted by molar-refractivity contribution is -0.118. The zero-order valence-electron chi connectivity index (χ0n) is 8.46. The quantitative estimate of drug-likeness (QED) is 0.672. The number of halogens is 1. The van der Waals surface area contributed by atoms with E-state index in [0.29, 0.717) is 5.69 Å². The number of carbonyl (C=O) groups excluding carboxylic acids is 1. The van der Waals surface area contributed by atoms with Crippen molar-refractivity contribution in [2.24, 2.45) is 11.5 Å². The van der Waals surface area contributed by atoms with Gasteiger partial charge in [-0.25, -0.2) is 4.39 Å². The third kappa shape index (κ3) is 3.55. The second-order valence-electron chi connectivity index (χ2n) is 3.41. The summed E-state index contributed by atoms with van der Waals surface area (Å²) in [6.45, 7) is 1.97. The molecule has 15 heavy (non-hydrogen) atoms. The SMILES string of the molecule is Cc1cc(F)cc(NCC(N)C(N)=O)c1. The number of aryl methyl sites for hydroxylation is 1. The van der Waals surface area contributed by atoms with E-state index < -0.39 is 11.9 Å². The van der Waals surface area contributed by atoms with Crippen LogP contribution in [0, 0.1) is 12.7 Å². The van der Waals surface area contributed by atoms with Gasteiger partial charge in [0.1, 0.15) is 11.9 Å². The number of anilines is 1. The van der Waals surface area contributed by atoms with Crippen molar-refractivity contribution in [2.45, 2.75) is 13.0 Å². The first-order chi connectivity index (χ1) is 6.99. The molecular formula is C10H14FN3O. The van der Waals surface area contributed by atoms with Gasteiger partial charge in [-0.1, -0.05) is 0 Å². The van der Waals surface area contributed by atoms with E-state index in [2.05, 4.69) is 5.32 Å². The second-order valence-corrected chi connectivity index (χ2v) is 3.41. The van der Waals surface area contributed by atoms with Crippen molar-refractivity contribution in [1.82, 2.24) is 0 Å². The van der Waals surface area contributed by atoms with Crippen LogP contribution in [0.4, 0.5) is 10.1 Å². The van der Waals surface area contributed by atoms with Crippen molar-refractivity contribution in [3.8, 4) is 0 Å². The highest BCUT2D eigenvalue weighted by atomic mass is 19.1. The molecule has 0 saturated heterocycles. The van der Waals surface area contributed by atoms with Crippen LogP contribution in [-0.4, -0.2) is 18.5 Å². The summed E-state index contributed by atoms with van der Waals surface area (Å²) in [4.78, 5) is 10.6. The first-order valence-electron chi connectivity index (χ1n) is 4.55. The molecule has 0 radical (unpaired) electrons. The van der Waals surface area contributed by atoms with Crippen molar-refractivity contribution < 1.29 is 9.18 Å². The summed E-state index contributed by atoms with van der Waals surface area (Å²) in [6, 6.07) is 3.74. The Bertz CT molecular complexity index is 347. The van der Waals surface area contributed by atoms with Gasteiger partial charge in [0.05, 0.1) is 0 Å². The van der Waals surface area contributed by atoms with Gasteiger partial charge in [0.2, 0.25) is 5.91 Å². The Kier molecular flexibility index (Phi) is 3.62. The van der Waals surface area contributed by atoms with Crippen LogP contribution in [0.2, 0.25) is 0 Å². The summed E-state index contributed by atoms with van der Waals surface area (Å²) in [7, 11) is 0. The first kappa shape index (κ1) is 11.5. The molecule has 82 valence electrons. The maximum atomic E-state index is 12.9. The fraction of sp³-hybridized carbons (Fsp3) is 0.300. The van der Waals surface area contributed by atoms with Gasteiger partial charge in [-0.3, -0.25) is 4.79 Å². The molecule has 1 aromatic rings. The predicted molar refractivity (Wildman–Crippen MR) is 56.8 cm³/mol. The number of rotatable bonds is 4. The standard InChI is InChI=1S/C10H14FN3O/c1-6-2-7(11)4-8(3-6)14-5-9(12)10(13)15/h2-4,9,14H,5,12H2,1H3,(H2,13,15). The van der Waals surface area contributed by atoms with Crippen LogP contribution in [0.1, 0.15) is 5.56 Å². The van der Waals surface area contributed by atoms with Gasteiger partial charge in [0.25, 0.3) is 0 Å². The van der Waals surface area contributed by atoms with Crippen molar-refractivity contribution in [1.29, 1.82) is 0 Å². The molecule has 0 spiro atoms. The van der Waals surface area contributed by atoms with E-state index in [1.807, 2.05) is 0 Å². The molecule has 0 aromatic heterocycles. The lowest BCUT2D eigenvalue weighted by Gasteiger charge is -2.10. The highest BCUT2D eigenvalue weighted by Crippen LogP contribution is 2.12. The Hall–Kier alpha value is -1.62. The summed E-state index contributed by atoms with van der Waals surface area (Å²) in [5.74, 6) is -0.916. The van der Waals surface area contributed by atoms with Gasteiger partial charge in [-0.15, -0.1) is 0 Å². The van der Waals surface area contributed by atoms with Crippen LogP contribution >= 0.6 is 0 Å². The number of carbonyl (C=O) groups is 1. The lowest BCUT2D eigenvalue weighted by Crippen LogP contribution is -2.41. The topological polar surface area (TPSA) is 81.1 Å². The van der Waals surface area contributed by atoms with Crippen LogP contribution in [0.25, 0.3) is 0 Å². The molecule has 0 fully saturated rings. The Labute approximate surface area is 87.4 Å². The lowest BCUT2D eigenvalue weighted by atomic mass is 10.2. The van der Waals surface area contributed by atoms with Crippen LogP contribution in [0.5, 0.6) is 0 Å². The normalized spacial score (nSPS) is 12.2. The van der Waals surface area contributed by atoms with E-state index in [0.717, 1.165) is 5.56 Å². The van der Waals surface area contributed by atoms with Gasteiger partial charge < -0.3 is 16.8 Å². The van der Waals surface area contributed by atoms with E-state index in [4.69, 9.17) is 11.5 Å². The van der Waals surface area contributed by atoms with Crippen LogP contribution in [0.15, 0.2) is 18.2 Å². The molecule has 0 aliphatic carbocycles. The van der Waals surface area contributed by atoms with Crippen molar-refractivity contribution in [3.63, 3.8) is 0 Å².